The number of rotatable bonds is 53. The molecule has 0 N–H and O–H groups in total. The van der Waals surface area contributed by atoms with Crippen LogP contribution in [0.2, 0.25) is 0 Å². The van der Waals surface area contributed by atoms with Gasteiger partial charge in [0, 0.05) is 81.4 Å². The number of thiophene rings is 5. The average Bonchev–Trinajstić information content (AvgIpc) is 1.54. The lowest BCUT2D eigenvalue weighted by atomic mass is 9.92. The zero-order chi connectivity index (χ0) is 83.9. The molecule has 8 heterocycles. The first-order valence-corrected chi connectivity index (χ1v) is 53.4. The van der Waals surface area contributed by atoms with Gasteiger partial charge in [0.1, 0.15) is 50.3 Å². The van der Waals surface area contributed by atoms with E-state index in [0.717, 1.165) is 185 Å². The lowest BCUT2D eigenvalue weighted by Gasteiger charge is -2.18. The molecule has 15 aromatic rings. The van der Waals surface area contributed by atoms with Crippen molar-refractivity contribution in [1.82, 2.24) is 26.2 Å². The van der Waals surface area contributed by atoms with Gasteiger partial charge in [0.2, 0.25) is 0 Å². The van der Waals surface area contributed by atoms with Gasteiger partial charge in [-0.25, -0.2) is 0 Å². The van der Waals surface area contributed by atoms with Crippen LogP contribution in [0.1, 0.15) is 306 Å². The van der Waals surface area contributed by atoms with Gasteiger partial charge in [0.25, 0.3) is 0 Å². The van der Waals surface area contributed by atoms with Crippen LogP contribution < -0.4 is 14.2 Å². The lowest BCUT2D eigenvalue weighted by molar-refractivity contribution is 0.304. The van der Waals surface area contributed by atoms with E-state index >= 15 is 0 Å². The molecule has 15 rings (SSSR count). The van der Waals surface area contributed by atoms with Crippen molar-refractivity contribution in [2.45, 2.75) is 312 Å². The zero-order valence-electron chi connectivity index (χ0n) is 74.0. The average molecular weight is 1780 g/mol. The highest BCUT2D eigenvalue weighted by atomic mass is 32.1. The highest BCUT2D eigenvalue weighted by Crippen LogP contribution is 2.57. The number of ether oxygens (including phenoxy) is 3. The summed E-state index contributed by atoms with van der Waals surface area (Å²) in [5, 5.41) is 5.32. The van der Waals surface area contributed by atoms with Crippen molar-refractivity contribution in [3.05, 3.63) is 137 Å². The fourth-order valence-electron chi connectivity index (χ4n) is 18.6. The minimum absolute atomic E-state index is 0.622. The summed E-state index contributed by atoms with van der Waals surface area (Å²) in [6, 6.07) is 41.0. The predicted octanol–water partition coefficient (Wildman–Crippen LogP) is 36.4. The number of hydrogen-bond acceptors (Lipinski definition) is 17. The predicted molar refractivity (Wildman–Crippen MR) is 539 cm³/mol. The first-order chi connectivity index (χ1) is 60.2. The second-order valence-electron chi connectivity index (χ2n) is 34.4. The van der Waals surface area contributed by atoms with Crippen LogP contribution in [-0.4, -0.2) is 46.1 Å². The van der Waals surface area contributed by atoms with Crippen LogP contribution in [0.5, 0.6) is 17.2 Å². The molecule has 0 amide bonds. The molecule has 7 aromatic carbocycles. The fourth-order valence-corrected chi connectivity index (χ4v) is 26.3. The molecular weight excluding hydrogens is 1650 g/mol. The van der Waals surface area contributed by atoms with Gasteiger partial charge in [-0.3, -0.25) is 0 Å². The third-order valence-corrected chi connectivity index (χ3v) is 32.7. The highest BCUT2D eigenvalue weighted by Gasteiger charge is 2.32. The molecule has 0 spiro atoms. The van der Waals surface area contributed by atoms with Crippen molar-refractivity contribution < 1.29 is 14.2 Å². The van der Waals surface area contributed by atoms with Gasteiger partial charge in [-0.15, -0.1) is 56.7 Å². The lowest BCUT2D eigenvalue weighted by Crippen LogP contribution is -2.03. The Hall–Kier alpha value is -7.06. The molecule has 9 nitrogen and oxygen atoms in total. The zero-order valence-corrected chi connectivity index (χ0v) is 80.5. The maximum atomic E-state index is 7.49. The fraction of sp³-hybridized carbons (Fsp3) is 0.486. The smallest absolute Gasteiger partial charge is 0.133 e. The number of aromatic nitrogens is 6. The highest BCUT2D eigenvalue weighted by molar-refractivity contribution is 7.25. The molecule has 0 radical (unpaired) electrons. The molecule has 0 fully saturated rings. The van der Waals surface area contributed by atoms with Crippen molar-refractivity contribution in [3.8, 4) is 91.0 Å². The van der Waals surface area contributed by atoms with Gasteiger partial charge in [-0.1, -0.05) is 307 Å². The molecule has 0 bridgehead atoms. The normalized spacial score (nSPS) is 12.0. The van der Waals surface area contributed by atoms with Crippen molar-refractivity contribution in [2.24, 2.45) is 0 Å². The third-order valence-electron chi connectivity index (χ3n) is 25.3. The first-order valence-electron chi connectivity index (χ1n) is 47.1. The number of aryl methyl sites for hydroxylation is 2. The molecule has 0 atom stereocenters. The minimum atomic E-state index is 0.622. The quantitative estimate of drug-likeness (QED) is 0.0345. The van der Waals surface area contributed by atoms with Crippen LogP contribution in [0.4, 0.5) is 0 Å². The van der Waals surface area contributed by atoms with E-state index in [4.69, 9.17) is 40.5 Å². The van der Waals surface area contributed by atoms with E-state index in [1.807, 2.05) is 56.7 Å². The summed E-state index contributed by atoms with van der Waals surface area (Å²) >= 11 is 13.5. The molecule has 0 aliphatic heterocycles. The summed E-state index contributed by atoms with van der Waals surface area (Å²) < 4.78 is 59.3. The Morgan fingerprint density at radius 3 is 0.951 bits per heavy atom. The Balaban J connectivity index is 0.854. The van der Waals surface area contributed by atoms with E-state index in [2.05, 4.69) is 165 Å². The number of unbranched alkanes of at least 4 members (excludes halogenated alkanes) is 33. The molecule has 0 saturated carbocycles. The molecule has 0 unspecified atom stereocenters. The minimum Gasteiger partial charge on any atom is -0.493 e. The van der Waals surface area contributed by atoms with Gasteiger partial charge in [-0.05, 0) is 158 Å². The van der Waals surface area contributed by atoms with E-state index in [9.17, 15) is 0 Å². The largest absolute Gasteiger partial charge is 0.493 e. The second-order valence-corrected chi connectivity index (χ2v) is 41.4. The molecule has 122 heavy (non-hydrogen) atoms. The van der Waals surface area contributed by atoms with Crippen LogP contribution in [0.15, 0.2) is 109 Å². The molecular formula is C105H128N6O3S8. The molecule has 8 aromatic heterocycles. The SMILES string of the molecule is CCCCCCCCCCCCc1c2cc(-c3c(OCCCCCCCC)c(C)c(-c4ccccc4)c4nsnc34)sc2c(CCCCCCCCCCCC)c2cc(-c3c(C)c(OCCCCCCCC)c(-c4ccc(-c5c(C)c(OCCCCCCCC)c(-c6cc7cc8sc(-c9ccccc9)cc8cc7s6)c6nsnc56)s4)c4nsnc34)sc12. The van der Waals surface area contributed by atoms with E-state index in [0.29, 0.717) is 19.8 Å². The van der Waals surface area contributed by atoms with Crippen LogP contribution >= 0.6 is 91.9 Å². The van der Waals surface area contributed by atoms with Crippen molar-refractivity contribution >= 4 is 165 Å². The third kappa shape index (κ3) is 21.1. The van der Waals surface area contributed by atoms with Gasteiger partial charge in [0.15, 0.2) is 0 Å². The van der Waals surface area contributed by atoms with E-state index in [-0.39, 0.29) is 0 Å². The molecule has 0 aliphatic carbocycles. The van der Waals surface area contributed by atoms with Gasteiger partial charge < -0.3 is 14.2 Å². The Kier molecular flexibility index (Phi) is 33.4. The van der Waals surface area contributed by atoms with E-state index in [1.54, 1.807) is 0 Å². The Morgan fingerprint density at radius 1 is 0.254 bits per heavy atom. The summed E-state index contributed by atoms with van der Waals surface area (Å²) in [5.74, 6) is 2.80. The number of hydrogen-bond donors (Lipinski definition) is 0. The molecule has 17 heteroatoms. The maximum absolute atomic E-state index is 7.49. The van der Waals surface area contributed by atoms with Crippen LogP contribution in [0.3, 0.4) is 0 Å². The summed E-state index contributed by atoms with van der Waals surface area (Å²) in [6.07, 6.45) is 49.4. The summed E-state index contributed by atoms with van der Waals surface area (Å²) in [4.78, 5) is 7.16. The second kappa shape index (κ2) is 45.4. The number of fused-ring (bicyclic) bond motifs is 7. The van der Waals surface area contributed by atoms with E-state index < -0.39 is 0 Å². The van der Waals surface area contributed by atoms with Crippen molar-refractivity contribution in [2.75, 3.05) is 19.8 Å². The van der Waals surface area contributed by atoms with Crippen LogP contribution in [0.25, 0.3) is 147 Å². The van der Waals surface area contributed by atoms with Crippen LogP contribution in [-0.2, 0) is 12.8 Å². The monoisotopic (exact) mass is 1780 g/mol. The summed E-state index contributed by atoms with van der Waals surface area (Å²) in [6.45, 7) is 20.3. The van der Waals surface area contributed by atoms with Gasteiger partial charge in [-0.2, -0.15) is 26.2 Å². The number of nitrogens with zero attached hydrogens (tertiary/aromatic N) is 6. The standard InChI is InChI=1S/C105H128N6O3S8/c1-9-14-19-24-29-31-33-35-37-48-57-77-79-68-87(118-104(79)78(58-49-38-36-34-32-30-25-20-15-10-2)80-69-88(119-105(77)80)94-99-95(106-120-110-99)89(74-55-46-43-47-56-74)70(6)101(94)112-61-50-39-26-21-16-11-3)91-72(8)102(113-62-51-40-27-22-17-12-4)92(98-97(91)108-122-109-98)82-60-59-81(115-82)90-71(7)103(114-63-52-41-28-23-18-13-5)93(100-96(90)107-121-111-100)86-67-76-66-84-75(65-85(76)117-86)64-83(116-84)73-53-44-42-45-54-73/h42-47,53-56,59-60,64-69H,9-41,48-52,57-58,61-63H2,1-8H3. The summed E-state index contributed by atoms with van der Waals surface area (Å²) in [7, 11) is 0. The van der Waals surface area contributed by atoms with Crippen molar-refractivity contribution in [3.63, 3.8) is 0 Å². The molecule has 644 valence electrons. The maximum Gasteiger partial charge on any atom is 0.133 e. The number of benzene rings is 7. The Morgan fingerprint density at radius 2 is 0.549 bits per heavy atom. The van der Waals surface area contributed by atoms with Gasteiger partial charge in [0.05, 0.1) is 71.7 Å². The Bertz CT molecular complexity index is 5720. The van der Waals surface area contributed by atoms with Gasteiger partial charge >= 0.3 is 0 Å². The topological polar surface area (TPSA) is 105 Å². The Labute approximate surface area is 759 Å². The molecule has 0 aliphatic rings. The molecule has 0 saturated heterocycles. The van der Waals surface area contributed by atoms with Crippen molar-refractivity contribution in [1.29, 1.82) is 0 Å². The van der Waals surface area contributed by atoms with Crippen LogP contribution in [0, 0.1) is 20.8 Å². The first kappa shape index (κ1) is 89.8. The summed E-state index contributed by atoms with van der Waals surface area (Å²) in [5.41, 5.74) is 20.9. The van der Waals surface area contributed by atoms with E-state index in [1.165, 1.54) is 299 Å².